The van der Waals surface area contributed by atoms with Crippen molar-refractivity contribution in [2.75, 3.05) is 32.1 Å². The van der Waals surface area contributed by atoms with Gasteiger partial charge in [-0.3, -0.25) is 14.9 Å². The van der Waals surface area contributed by atoms with Crippen LogP contribution in [0.15, 0.2) is 41.3 Å². The van der Waals surface area contributed by atoms with Gasteiger partial charge >= 0.3 is 0 Å². The molecule has 2 aromatic carbocycles. The Balaban J connectivity index is 1.79. The fourth-order valence-electron chi connectivity index (χ4n) is 3.69. The first kappa shape index (κ1) is 25.2. The summed E-state index contributed by atoms with van der Waals surface area (Å²) in [5.41, 5.74) is 5.67. The highest BCUT2D eigenvalue weighted by atomic mass is 32.2. The van der Waals surface area contributed by atoms with Gasteiger partial charge in [-0.25, -0.2) is 8.42 Å². The first-order valence-electron chi connectivity index (χ1n) is 10.8. The molecular weight excluding hydrogens is 464 g/mol. The van der Waals surface area contributed by atoms with Gasteiger partial charge in [-0.05, 0) is 42.7 Å². The molecule has 1 heterocycles. The normalized spacial score (nSPS) is 14.7. The summed E-state index contributed by atoms with van der Waals surface area (Å²) in [5, 5.41) is 14.7. The third-order valence-corrected chi connectivity index (χ3v) is 7.34. The number of benzene rings is 2. The summed E-state index contributed by atoms with van der Waals surface area (Å²) in [7, 11) is -2.37. The zero-order chi connectivity index (χ0) is 24.7. The standard InChI is InChI=1S/C22H28N4O7S/c1-32-21-12-16(6-9-20(21)33-15-22(23)27)14-24-18-8-7-17(13-19(18)26(28)29)34(30,31)25-10-4-2-3-5-11-25/h6-9,12-13,24H,2-5,10-11,14-15H2,1H3,(H2,23,27). The zero-order valence-electron chi connectivity index (χ0n) is 18.9. The maximum atomic E-state index is 13.0. The predicted octanol–water partition coefficient (Wildman–Crippen LogP) is 2.64. The Labute approximate surface area is 198 Å². The Hall–Kier alpha value is -3.38. The molecule has 0 atom stereocenters. The fourth-order valence-corrected chi connectivity index (χ4v) is 5.23. The van der Waals surface area contributed by atoms with Gasteiger partial charge in [-0.15, -0.1) is 0 Å². The minimum absolute atomic E-state index is 0.0933. The van der Waals surface area contributed by atoms with Crippen LogP contribution in [0.25, 0.3) is 0 Å². The molecule has 3 rings (SSSR count). The summed E-state index contributed by atoms with van der Waals surface area (Å²) < 4.78 is 38.0. The third-order valence-electron chi connectivity index (χ3n) is 5.45. The van der Waals surface area contributed by atoms with Crippen LogP contribution >= 0.6 is 0 Å². The quantitative estimate of drug-likeness (QED) is 0.379. The van der Waals surface area contributed by atoms with Crippen LogP contribution < -0.4 is 20.5 Å². The highest BCUT2D eigenvalue weighted by Gasteiger charge is 2.28. The van der Waals surface area contributed by atoms with E-state index in [4.69, 9.17) is 15.2 Å². The fraction of sp³-hybridized carbons (Fsp3) is 0.409. The molecule has 184 valence electrons. The number of carbonyl (C=O) groups excluding carboxylic acids is 1. The first-order valence-corrected chi connectivity index (χ1v) is 12.3. The van der Waals surface area contributed by atoms with Crippen molar-refractivity contribution < 1.29 is 27.6 Å². The molecule has 0 radical (unpaired) electrons. The highest BCUT2D eigenvalue weighted by Crippen LogP contribution is 2.32. The number of ether oxygens (including phenoxy) is 2. The average molecular weight is 493 g/mol. The summed E-state index contributed by atoms with van der Waals surface area (Å²) in [4.78, 5) is 21.9. The minimum atomic E-state index is -3.81. The average Bonchev–Trinajstić information content (AvgIpc) is 3.11. The molecule has 0 aromatic heterocycles. The number of methoxy groups -OCH3 is 1. The molecular formula is C22H28N4O7S. The molecule has 1 saturated heterocycles. The number of hydrogen-bond donors (Lipinski definition) is 2. The number of nitro benzene ring substituents is 1. The number of hydrogen-bond acceptors (Lipinski definition) is 8. The molecule has 12 heteroatoms. The molecule has 0 bridgehead atoms. The van der Waals surface area contributed by atoms with Gasteiger partial charge in [-0.2, -0.15) is 4.31 Å². The molecule has 0 unspecified atom stereocenters. The summed E-state index contributed by atoms with van der Waals surface area (Å²) in [6.07, 6.45) is 3.49. The summed E-state index contributed by atoms with van der Waals surface area (Å²) >= 11 is 0. The predicted molar refractivity (Wildman–Crippen MR) is 125 cm³/mol. The van der Waals surface area contributed by atoms with Crippen molar-refractivity contribution in [3.05, 3.63) is 52.1 Å². The van der Waals surface area contributed by atoms with Crippen molar-refractivity contribution in [3.63, 3.8) is 0 Å². The lowest BCUT2D eigenvalue weighted by Gasteiger charge is -2.20. The number of rotatable bonds is 10. The van der Waals surface area contributed by atoms with Gasteiger partial charge in [0.05, 0.1) is 16.9 Å². The van der Waals surface area contributed by atoms with E-state index in [0.717, 1.165) is 37.3 Å². The number of sulfonamides is 1. The largest absolute Gasteiger partial charge is 0.493 e. The maximum Gasteiger partial charge on any atom is 0.293 e. The van der Waals surface area contributed by atoms with Crippen molar-refractivity contribution in [2.24, 2.45) is 5.73 Å². The number of nitrogens with one attached hydrogen (secondary N) is 1. The lowest BCUT2D eigenvalue weighted by Crippen LogP contribution is -2.32. The molecule has 0 aliphatic carbocycles. The van der Waals surface area contributed by atoms with E-state index in [-0.39, 0.29) is 29.4 Å². The van der Waals surface area contributed by atoms with Crippen LogP contribution in [-0.2, 0) is 21.4 Å². The molecule has 11 nitrogen and oxygen atoms in total. The molecule has 0 saturated carbocycles. The van der Waals surface area contributed by atoms with E-state index in [1.165, 1.54) is 23.5 Å². The summed E-state index contributed by atoms with van der Waals surface area (Å²) in [6, 6.07) is 8.86. The Morgan fingerprint density at radius 3 is 2.44 bits per heavy atom. The smallest absolute Gasteiger partial charge is 0.293 e. The Kier molecular flexibility index (Phi) is 8.29. The number of amides is 1. The lowest BCUT2D eigenvalue weighted by molar-refractivity contribution is -0.384. The van der Waals surface area contributed by atoms with Crippen LogP contribution in [0, 0.1) is 10.1 Å². The van der Waals surface area contributed by atoms with Crippen molar-refractivity contribution in [1.82, 2.24) is 4.31 Å². The summed E-state index contributed by atoms with van der Waals surface area (Å²) in [6.45, 7) is 0.729. The molecule has 3 N–H and O–H groups in total. The lowest BCUT2D eigenvalue weighted by atomic mass is 10.2. The van der Waals surface area contributed by atoms with Crippen molar-refractivity contribution in [2.45, 2.75) is 37.1 Å². The van der Waals surface area contributed by atoms with E-state index >= 15 is 0 Å². The van der Waals surface area contributed by atoms with Gasteiger partial charge in [0.2, 0.25) is 10.0 Å². The number of anilines is 1. The number of primary amides is 1. The number of carbonyl (C=O) groups is 1. The van der Waals surface area contributed by atoms with E-state index in [2.05, 4.69) is 5.32 Å². The number of nitro groups is 1. The van der Waals surface area contributed by atoms with Crippen LogP contribution in [0.2, 0.25) is 0 Å². The van der Waals surface area contributed by atoms with Gasteiger partial charge < -0.3 is 20.5 Å². The molecule has 1 amide bonds. The third kappa shape index (κ3) is 6.14. The van der Waals surface area contributed by atoms with Crippen LogP contribution in [0.1, 0.15) is 31.2 Å². The zero-order valence-corrected chi connectivity index (χ0v) is 19.7. The van der Waals surface area contributed by atoms with Gasteiger partial charge in [0, 0.05) is 25.7 Å². The van der Waals surface area contributed by atoms with Crippen LogP contribution in [0.4, 0.5) is 11.4 Å². The van der Waals surface area contributed by atoms with E-state index in [1.807, 2.05) is 0 Å². The van der Waals surface area contributed by atoms with E-state index in [9.17, 15) is 23.3 Å². The van der Waals surface area contributed by atoms with Crippen molar-refractivity contribution >= 4 is 27.3 Å². The van der Waals surface area contributed by atoms with Crippen LogP contribution in [0.3, 0.4) is 0 Å². The Morgan fingerprint density at radius 1 is 1.12 bits per heavy atom. The molecule has 2 aromatic rings. The van der Waals surface area contributed by atoms with Gasteiger partial charge in [0.15, 0.2) is 18.1 Å². The van der Waals surface area contributed by atoms with Gasteiger partial charge in [0.25, 0.3) is 11.6 Å². The molecule has 1 fully saturated rings. The van der Waals surface area contributed by atoms with Crippen molar-refractivity contribution in [1.29, 1.82) is 0 Å². The topological polar surface area (TPSA) is 154 Å². The molecule has 34 heavy (non-hydrogen) atoms. The highest BCUT2D eigenvalue weighted by molar-refractivity contribution is 7.89. The number of nitrogens with zero attached hydrogens (tertiary/aromatic N) is 2. The monoisotopic (exact) mass is 492 g/mol. The second-order valence-corrected chi connectivity index (χ2v) is 9.79. The van der Waals surface area contributed by atoms with E-state index in [1.54, 1.807) is 18.2 Å². The minimum Gasteiger partial charge on any atom is -0.493 e. The van der Waals surface area contributed by atoms with Crippen LogP contribution in [0.5, 0.6) is 11.5 Å². The Morgan fingerprint density at radius 2 is 1.82 bits per heavy atom. The molecule has 1 aliphatic heterocycles. The second-order valence-electron chi connectivity index (χ2n) is 7.85. The molecule has 0 spiro atoms. The van der Waals surface area contributed by atoms with E-state index in [0.29, 0.717) is 24.6 Å². The van der Waals surface area contributed by atoms with Crippen molar-refractivity contribution in [3.8, 4) is 11.5 Å². The SMILES string of the molecule is COc1cc(CNc2ccc(S(=O)(=O)N3CCCCCC3)cc2[N+](=O)[O-])ccc1OCC(N)=O. The number of nitrogens with two attached hydrogens (primary N) is 1. The van der Waals surface area contributed by atoms with Crippen LogP contribution in [-0.4, -0.2) is 50.4 Å². The first-order chi connectivity index (χ1) is 16.2. The van der Waals surface area contributed by atoms with Gasteiger partial charge in [0.1, 0.15) is 5.69 Å². The second kappa shape index (κ2) is 11.2. The molecule has 1 aliphatic rings. The van der Waals surface area contributed by atoms with Gasteiger partial charge in [-0.1, -0.05) is 18.9 Å². The summed E-state index contributed by atoms with van der Waals surface area (Å²) in [5.74, 6) is 0.0782. The van der Waals surface area contributed by atoms with E-state index < -0.39 is 20.9 Å². The Bertz CT molecular complexity index is 1150. The maximum absolute atomic E-state index is 13.0.